The lowest BCUT2D eigenvalue weighted by Crippen LogP contribution is -1.92. The van der Waals surface area contributed by atoms with Gasteiger partial charge in [-0.2, -0.15) is 0 Å². The van der Waals surface area contributed by atoms with E-state index in [-0.39, 0.29) is 16.5 Å². The zero-order valence-corrected chi connectivity index (χ0v) is 8.68. The summed E-state index contributed by atoms with van der Waals surface area (Å²) in [5.74, 6) is -0.348. The molecule has 0 bridgehead atoms. The van der Waals surface area contributed by atoms with E-state index in [2.05, 4.69) is 9.68 Å². The molecule has 0 radical (unpaired) electrons. The maximum Gasteiger partial charge on any atom is 0.230 e. The molecule has 2 rings (SSSR count). The molecule has 0 fully saturated rings. The van der Waals surface area contributed by atoms with E-state index in [1.807, 2.05) is 0 Å². The molecule has 0 spiro atoms. The Kier molecular flexibility index (Phi) is 2.36. The lowest BCUT2D eigenvalue weighted by Gasteiger charge is -2.05. The Morgan fingerprint density at radius 2 is 2.20 bits per heavy atom. The van der Waals surface area contributed by atoms with Crippen molar-refractivity contribution in [1.29, 1.82) is 0 Å². The van der Waals surface area contributed by atoms with Gasteiger partial charge in [0, 0.05) is 5.56 Å². The van der Waals surface area contributed by atoms with Gasteiger partial charge in [-0.3, -0.25) is 0 Å². The standard InChI is InChI=1S/C10H8ClFN2O/c1-5-2-3-7(11)8(9(5)12)6-4-14-15-10(6)13/h2-4H,13H2,1H3. The number of hydrogen-bond acceptors (Lipinski definition) is 3. The van der Waals surface area contributed by atoms with E-state index < -0.39 is 5.82 Å². The summed E-state index contributed by atoms with van der Waals surface area (Å²) in [5, 5.41) is 3.77. The van der Waals surface area contributed by atoms with E-state index in [1.165, 1.54) is 6.20 Å². The highest BCUT2D eigenvalue weighted by Crippen LogP contribution is 2.35. The van der Waals surface area contributed by atoms with Gasteiger partial charge >= 0.3 is 0 Å². The van der Waals surface area contributed by atoms with Gasteiger partial charge in [-0.25, -0.2) is 4.39 Å². The second-order valence-corrected chi connectivity index (χ2v) is 3.56. The molecule has 0 aliphatic rings. The van der Waals surface area contributed by atoms with Crippen LogP contribution in [0.15, 0.2) is 22.9 Å². The lowest BCUT2D eigenvalue weighted by atomic mass is 10.1. The van der Waals surface area contributed by atoms with Crippen molar-refractivity contribution < 1.29 is 8.91 Å². The molecule has 1 aromatic heterocycles. The number of anilines is 1. The van der Waals surface area contributed by atoms with E-state index in [9.17, 15) is 4.39 Å². The molecule has 2 aromatic rings. The highest BCUT2D eigenvalue weighted by atomic mass is 35.5. The fourth-order valence-electron chi connectivity index (χ4n) is 1.34. The number of aryl methyl sites for hydroxylation is 1. The first-order chi connectivity index (χ1) is 7.11. The molecule has 5 heteroatoms. The molecule has 15 heavy (non-hydrogen) atoms. The third-order valence-electron chi connectivity index (χ3n) is 2.15. The number of benzene rings is 1. The van der Waals surface area contributed by atoms with Crippen molar-refractivity contribution in [1.82, 2.24) is 5.16 Å². The maximum absolute atomic E-state index is 13.8. The number of halogens is 2. The molecule has 0 aliphatic heterocycles. The number of nitrogens with zero attached hydrogens (tertiary/aromatic N) is 1. The van der Waals surface area contributed by atoms with Gasteiger partial charge < -0.3 is 10.3 Å². The largest absolute Gasteiger partial charge is 0.367 e. The van der Waals surface area contributed by atoms with Crippen LogP contribution < -0.4 is 5.73 Å². The SMILES string of the molecule is Cc1ccc(Cl)c(-c2cnoc2N)c1F. The third-order valence-corrected chi connectivity index (χ3v) is 2.47. The Morgan fingerprint density at radius 3 is 2.80 bits per heavy atom. The molecule has 0 saturated heterocycles. The Bertz CT molecular complexity index is 510. The molecule has 3 nitrogen and oxygen atoms in total. The number of hydrogen-bond donors (Lipinski definition) is 1. The monoisotopic (exact) mass is 226 g/mol. The van der Waals surface area contributed by atoms with Crippen molar-refractivity contribution in [3.05, 3.63) is 34.7 Å². The lowest BCUT2D eigenvalue weighted by molar-refractivity contribution is 0.436. The normalized spacial score (nSPS) is 10.6. The highest BCUT2D eigenvalue weighted by Gasteiger charge is 2.17. The van der Waals surface area contributed by atoms with Crippen LogP contribution >= 0.6 is 11.6 Å². The van der Waals surface area contributed by atoms with Gasteiger partial charge in [0.1, 0.15) is 5.82 Å². The van der Waals surface area contributed by atoms with Gasteiger partial charge in [0.05, 0.1) is 16.8 Å². The van der Waals surface area contributed by atoms with Gasteiger partial charge in [0.25, 0.3) is 0 Å². The van der Waals surface area contributed by atoms with Gasteiger partial charge in [-0.15, -0.1) is 0 Å². The van der Waals surface area contributed by atoms with Crippen LogP contribution in [0, 0.1) is 12.7 Å². The summed E-state index contributed by atoms with van der Waals surface area (Å²) in [7, 11) is 0. The first kappa shape index (κ1) is 9.98. The molecule has 0 aliphatic carbocycles. The Hall–Kier alpha value is -1.55. The molecule has 2 N–H and O–H groups in total. The summed E-state index contributed by atoms with van der Waals surface area (Å²) in [5.41, 5.74) is 6.61. The van der Waals surface area contributed by atoms with Crippen molar-refractivity contribution in [2.45, 2.75) is 6.92 Å². The van der Waals surface area contributed by atoms with Crippen LogP contribution in [0.4, 0.5) is 10.3 Å². The predicted octanol–water partition coefficient (Wildman–Crippen LogP) is 3.02. The smallest absolute Gasteiger partial charge is 0.230 e. The second-order valence-electron chi connectivity index (χ2n) is 3.16. The summed E-state index contributed by atoms with van der Waals surface area (Å²) in [6.07, 6.45) is 1.35. The van der Waals surface area contributed by atoms with Crippen LogP contribution in [0.5, 0.6) is 0 Å². The summed E-state index contributed by atoms with van der Waals surface area (Å²) in [6, 6.07) is 3.21. The minimum absolute atomic E-state index is 0.0569. The zero-order chi connectivity index (χ0) is 11.0. The van der Waals surface area contributed by atoms with Crippen molar-refractivity contribution in [2.75, 3.05) is 5.73 Å². The zero-order valence-electron chi connectivity index (χ0n) is 7.92. The molecular weight excluding hydrogens is 219 g/mol. The number of rotatable bonds is 1. The Morgan fingerprint density at radius 1 is 1.47 bits per heavy atom. The Labute approximate surface area is 90.6 Å². The molecular formula is C10H8ClFN2O. The first-order valence-electron chi connectivity index (χ1n) is 4.26. The van der Waals surface area contributed by atoms with Crippen molar-refractivity contribution >= 4 is 17.5 Å². The van der Waals surface area contributed by atoms with E-state index in [0.29, 0.717) is 11.1 Å². The minimum Gasteiger partial charge on any atom is -0.367 e. The average Bonchev–Trinajstić information content (AvgIpc) is 2.60. The van der Waals surface area contributed by atoms with E-state index in [0.717, 1.165) is 0 Å². The van der Waals surface area contributed by atoms with E-state index >= 15 is 0 Å². The van der Waals surface area contributed by atoms with Gasteiger partial charge in [0.15, 0.2) is 0 Å². The summed E-state index contributed by atoms with van der Waals surface area (Å²) < 4.78 is 18.5. The number of nitrogens with two attached hydrogens (primary N) is 1. The van der Waals surface area contributed by atoms with Crippen LogP contribution in [0.1, 0.15) is 5.56 Å². The number of aromatic nitrogens is 1. The second kappa shape index (κ2) is 3.55. The summed E-state index contributed by atoms with van der Waals surface area (Å²) in [4.78, 5) is 0. The summed E-state index contributed by atoms with van der Waals surface area (Å²) in [6.45, 7) is 1.65. The quantitative estimate of drug-likeness (QED) is 0.813. The molecule has 1 aromatic carbocycles. The van der Waals surface area contributed by atoms with Crippen LogP contribution in [0.2, 0.25) is 5.02 Å². The van der Waals surface area contributed by atoms with E-state index in [1.54, 1.807) is 19.1 Å². The molecule has 0 amide bonds. The average molecular weight is 227 g/mol. The van der Waals surface area contributed by atoms with Crippen LogP contribution in [0.25, 0.3) is 11.1 Å². The molecule has 1 heterocycles. The topological polar surface area (TPSA) is 52.0 Å². The van der Waals surface area contributed by atoms with Gasteiger partial charge in [-0.1, -0.05) is 22.8 Å². The highest BCUT2D eigenvalue weighted by molar-refractivity contribution is 6.33. The minimum atomic E-state index is -0.405. The third kappa shape index (κ3) is 1.57. The fraction of sp³-hybridized carbons (Fsp3) is 0.100. The number of nitrogen functional groups attached to an aromatic ring is 1. The summed E-state index contributed by atoms with van der Waals surface area (Å²) >= 11 is 5.90. The van der Waals surface area contributed by atoms with Crippen LogP contribution in [0.3, 0.4) is 0 Å². The van der Waals surface area contributed by atoms with E-state index in [4.69, 9.17) is 17.3 Å². The van der Waals surface area contributed by atoms with Crippen molar-refractivity contribution in [2.24, 2.45) is 0 Å². The first-order valence-corrected chi connectivity index (χ1v) is 4.64. The molecule has 78 valence electrons. The molecule has 0 saturated carbocycles. The van der Waals surface area contributed by atoms with Crippen molar-refractivity contribution in [3.8, 4) is 11.1 Å². The molecule has 0 atom stereocenters. The maximum atomic E-state index is 13.8. The molecule has 0 unspecified atom stereocenters. The van der Waals surface area contributed by atoms with Gasteiger partial charge in [-0.05, 0) is 18.6 Å². The fourth-order valence-corrected chi connectivity index (χ4v) is 1.59. The predicted molar refractivity (Wildman–Crippen MR) is 56.1 cm³/mol. The van der Waals surface area contributed by atoms with Crippen molar-refractivity contribution in [3.63, 3.8) is 0 Å². The van der Waals surface area contributed by atoms with Crippen LogP contribution in [-0.4, -0.2) is 5.16 Å². The Balaban J connectivity index is 2.72. The van der Waals surface area contributed by atoms with Crippen LogP contribution in [-0.2, 0) is 0 Å². The van der Waals surface area contributed by atoms with Gasteiger partial charge in [0.2, 0.25) is 5.88 Å².